The molecule has 1 aromatic heterocycles. The van der Waals surface area contributed by atoms with Crippen LogP contribution < -0.4 is 10.2 Å². The number of thiocarbonyl (C=S) groups is 1. The topological polar surface area (TPSA) is 86.1 Å². The molecule has 0 radical (unpaired) electrons. The molecule has 2 fully saturated rings. The van der Waals surface area contributed by atoms with Gasteiger partial charge in [0.15, 0.2) is 10.9 Å². The Morgan fingerprint density at radius 3 is 2.48 bits per heavy atom. The normalized spacial score (nSPS) is 18.6. The van der Waals surface area contributed by atoms with Crippen molar-refractivity contribution in [3.05, 3.63) is 64.2 Å². The fourth-order valence-electron chi connectivity index (χ4n) is 3.30. The van der Waals surface area contributed by atoms with Crippen LogP contribution in [0, 0.1) is 0 Å². The SMILES string of the molecule is O=C1NC(=S)N(c2ccc(Cl)c(Cl)c2)C(=O)/C1=C\N1CCN(C(=O)c2ccco2)CC1. The zero-order valence-electron chi connectivity index (χ0n) is 16.0. The van der Waals surface area contributed by atoms with Crippen LogP contribution in [0.5, 0.6) is 0 Å². The number of hydrogen-bond donors (Lipinski definition) is 1. The summed E-state index contributed by atoms with van der Waals surface area (Å²) in [6.45, 7) is 1.75. The minimum absolute atomic E-state index is 0.0422. The smallest absolute Gasteiger partial charge is 0.289 e. The van der Waals surface area contributed by atoms with Gasteiger partial charge in [-0.15, -0.1) is 0 Å². The summed E-state index contributed by atoms with van der Waals surface area (Å²) in [6, 6.07) is 7.91. The molecule has 11 heteroatoms. The number of rotatable bonds is 3. The maximum Gasteiger partial charge on any atom is 0.289 e. The van der Waals surface area contributed by atoms with Gasteiger partial charge in [0.1, 0.15) is 5.57 Å². The van der Waals surface area contributed by atoms with E-state index in [4.69, 9.17) is 39.8 Å². The molecular formula is C20H16Cl2N4O4S. The molecule has 160 valence electrons. The molecule has 0 unspecified atom stereocenters. The molecule has 31 heavy (non-hydrogen) atoms. The highest BCUT2D eigenvalue weighted by Crippen LogP contribution is 2.29. The molecule has 1 N–H and O–H groups in total. The molecule has 3 heterocycles. The molecule has 2 aromatic rings. The Balaban J connectivity index is 1.50. The van der Waals surface area contributed by atoms with Gasteiger partial charge in [0.05, 0.1) is 22.0 Å². The van der Waals surface area contributed by atoms with Crippen molar-refractivity contribution in [1.29, 1.82) is 0 Å². The minimum Gasteiger partial charge on any atom is -0.459 e. The Morgan fingerprint density at radius 2 is 1.84 bits per heavy atom. The van der Waals surface area contributed by atoms with E-state index in [1.807, 2.05) is 4.90 Å². The molecule has 0 bridgehead atoms. The number of amides is 3. The second kappa shape index (κ2) is 8.70. The van der Waals surface area contributed by atoms with Crippen LogP contribution in [0.2, 0.25) is 10.0 Å². The molecule has 0 spiro atoms. The van der Waals surface area contributed by atoms with Gasteiger partial charge in [-0.05, 0) is 42.5 Å². The minimum atomic E-state index is -0.583. The maximum absolute atomic E-state index is 13.1. The number of carbonyl (C=O) groups excluding carboxylic acids is 3. The largest absolute Gasteiger partial charge is 0.459 e. The van der Waals surface area contributed by atoms with Crippen LogP contribution in [0.15, 0.2) is 52.8 Å². The standard InChI is InChI=1S/C20H16Cl2N4O4S/c21-14-4-3-12(10-15(14)22)26-18(28)13(17(27)23-20(26)31)11-24-5-7-25(8-6-24)19(29)16-2-1-9-30-16/h1-4,9-11H,5-8H2,(H,23,27,31)/b13-11-. The van der Waals surface area contributed by atoms with Crippen molar-refractivity contribution >= 4 is 63.9 Å². The van der Waals surface area contributed by atoms with Gasteiger partial charge in [0.25, 0.3) is 17.7 Å². The van der Waals surface area contributed by atoms with Crippen molar-refractivity contribution in [3.63, 3.8) is 0 Å². The number of anilines is 1. The summed E-state index contributed by atoms with van der Waals surface area (Å²) in [5.74, 6) is -1.07. The summed E-state index contributed by atoms with van der Waals surface area (Å²) in [4.78, 5) is 42.6. The van der Waals surface area contributed by atoms with Gasteiger partial charge in [-0.3, -0.25) is 24.6 Å². The van der Waals surface area contributed by atoms with E-state index in [0.29, 0.717) is 36.9 Å². The number of furan rings is 1. The van der Waals surface area contributed by atoms with Gasteiger partial charge in [-0.25, -0.2) is 0 Å². The average molecular weight is 479 g/mol. The van der Waals surface area contributed by atoms with Crippen molar-refractivity contribution in [3.8, 4) is 0 Å². The zero-order valence-corrected chi connectivity index (χ0v) is 18.3. The van der Waals surface area contributed by atoms with Gasteiger partial charge in [-0.2, -0.15) is 0 Å². The van der Waals surface area contributed by atoms with E-state index in [1.165, 1.54) is 23.4 Å². The number of piperazine rings is 1. The molecule has 4 rings (SSSR count). The third kappa shape index (κ3) is 4.30. The van der Waals surface area contributed by atoms with E-state index in [-0.39, 0.29) is 27.4 Å². The van der Waals surface area contributed by atoms with Crippen molar-refractivity contribution < 1.29 is 18.8 Å². The van der Waals surface area contributed by atoms with E-state index >= 15 is 0 Å². The molecule has 0 atom stereocenters. The van der Waals surface area contributed by atoms with Gasteiger partial charge >= 0.3 is 0 Å². The van der Waals surface area contributed by atoms with Crippen molar-refractivity contribution in [2.75, 3.05) is 31.1 Å². The van der Waals surface area contributed by atoms with Crippen molar-refractivity contribution in [2.45, 2.75) is 0 Å². The first kappa shape index (κ1) is 21.4. The van der Waals surface area contributed by atoms with E-state index < -0.39 is 11.8 Å². The number of carbonyl (C=O) groups is 3. The summed E-state index contributed by atoms with van der Waals surface area (Å²) in [5, 5.41) is 3.08. The summed E-state index contributed by atoms with van der Waals surface area (Å²) < 4.78 is 5.15. The molecule has 3 amide bonds. The van der Waals surface area contributed by atoms with E-state index in [9.17, 15) is 14.4 Å². The molecule has 2 saturated heterocycles. The van der Waals surface area contributed by atoms with Gasteiger partial charge < -0.3 is 14.2 Å². The monoisotopic (exact) mass is 478 g/mol. The zero-order chi connectivity index (χ0) is 22.1. The fraction of sp³-hybridized carbons (Fsp3) is 0.200. The van der Waals surface area contributed by atoms with Crippen LogP contribution in [-0.4, -0.2) is 58.8 Å². The number of nitrogens with one attached hydrogen (secondary N) is 1. The first-order chi connectivity index (χ1) is 14.8. The lowest BCUT2D eigenvalue weighted by Crippen LogP contribution is -2.55. The third-order valence-electron chi connectivity index (χ3n) is 4.91. The Kier molecular flexibility index (Phi) is 5.99. The predicted octanol–water partition coefficient (Wildman–Crippen LogP) is 2.68. The van der Waals surface area contributed by atoms with Crippen LogP contribution in [0.3, 0.4) is 0 Å². The maximum atomic E-state index is 13.1. The van der Waals surface area contributed by atoms with Gasteiger partial charge in [-0.1, -0.05) is 23.2 Å². The highest BCUT2D eigenvalue weighted by Gasteiger charge is 2.35. The fourth-order valence-corrected chi connectivity index (χ4v) is 3.87. The lowest BCUT2D eigenvalue weighted by molar-refractivity contribution is -0.122. The molecule has 2 aliphatic heterocycles. The second-order valence-corrected chi connectivity index (χ2v) is 8.05. The van der Waals surface area contributed by atoms with E-state index in [2.05, 4.69) is 5.32 Å². The lowest BCUT2D eigenvalue weighted by atomic mass is 10.1. The number of hydrogen-bond acceptors (Lipinski definition) is 6. The second-order valence-electron chi connectivity index (χ2n) is 6.85. The van der Waals surface area contributed by atoms with Gasteiger partial charge in [0, 0.05) is 32.4 Å². The van der Waals surface area contributed by atoms with Crippen LogP contribution in [0.1, 0.15) is 10.6 Å². The van der Waals surface area contributed by atoms with Crippen molar-refractivity contribution in [1.82, 2.24) is 15.1 Å². The first-order valence-corrected chi connectivity index (χ1v) is 10.4. The Labute approximate surface area is 193 Å². The highest BCUT2D eigenvalue weighted by atomic mass is 35.5. The molecule has 0 saturated carbocycles. The number of benzene rings is 1. The Morgan fingerprint density at radius 1 is 1.10 bits per heavy atom. The summed E-state index contributed by atoms with van der Waals surface area (Å²) in [6.07, 6.45) is 2.95. The lowest BCUT2D eigenvalue weighted by Gasteiger charge is -2.35. The van der Waals surface area contributed by atoms with Gasteiger partial charge in [0.2, 0.25) is 0 Å². The summed E-state index contributed by atoms with van der Waals surface area (Å²) in [5.41, 5.74) is 0.328. The highest BCUT2D eigenvalue weighted by molar-refractivity contribution is 7.80. The molecule has 8 nitrogen and oxygen atoms in total. The van der Waals surface area contributed by atoms with Crippen LogP contribution >= 0.6 is 35.4 Å². The van der Waals surface area contributed by atoms with E-state index in [1.54, 1.807) is 29.2 Å². The third-order valence-corrected chi connectivity index (χ3v) is 5.93. The first-order valence-electron chi connectivity index (χ1n) is 9.28. The van der Waals surface area contributed by atoms with Crippen LogP contribution in [0.4, 0.5) is 5.69 Å². The molecule has 1 aromatic carbocycles. The molecular weight excluding hydrogens is 463 g/mol. The van der Waals surface area contributed by atoms with Crippen LogP contribution in [0.25, 0.3) is 0 Å². The quantitative estimate of drug-likeness (QED) is 0.414. The molecule has 0 aliphatic carbocycles. The summed E-state index contributed by atoms with van der Waals surface area (Å²) >= 11 is 17.2. The van der Waals surface area contributed by atoms with E-state index in [0.717, 1.165) is 0 Å². The Hall–Kier alpha value is -2.88. The Bertz CT molecular complexity index is 1090. The number of halogens is 2. The summed E-state index contributed by atoms with van der Waals surface area (Å²) in [7, 11) is 0. The molecule has 2 aliphatic rings. The average Bonchev–Trinajstić information content (AvgIpc) is 3.28. The van der Waals surface area contributed by atoms with Crippen LogP contribution in [-0.2, 0) is 9.59 Å². The number of nitrogens with zero attached hydrogens (tertiary/aromatic N) is 3. The van der Waals surface area contributed by atoms with Crippen molar-refractivity contribution in [2.24, 2.45) is 0 Å². The predicted molar refractivity (Wildman–Crippen MR) is 119 cm³/mol.